The molecule has 0 aromatic heterocycles. The third-order valence-electron chi connectivity index (χ3n) is 5.93. The van der Waals surface area contributed by atoms with E-state index in [-0.39, 0.29) is 30.2 Å². The van der Waals surface area contributed by atoms with Gasteiger partial charge in [0.2, 0.25) is 11.8 Å². The fourth-order valence-electron chi connectivity index (χ4n) is 4.21. The maximum absolute atomic E-state index is 12.7. The average molecular weight is 475 g/mol. The van der Waals surface area contributed by atoms with Crippen molar-refractivity contribution in [2.75, 3.05) is 57.3 Å². The van der Waals surface area contributed by atoms with Crippen LogP contribution in [0.5, 0.6) is 5.75 Å². The molecule has 188 valence electrons. The monoisotopic (exact) mass is 474 g/mol. The maximum Gasteiger partial charge on any atom is 0.410 e. The number of piperazine rings is 1. The fourth-order valence-corrected chi connectivity index (χ4v) is 4.21. The number of carbonyl (C=O) groups is 3. The SMILES string of the molecule is CCOc1ccccc1N1CC(C(=O)NCCCN2CCN(C(=O)OC(C)(C)C)CC2)CC1=O. The molecule has 2 fully saturated rings. The Morgan fingerprint density at radius 3 is 2.50 bits per heavy atom. The molecular formula is C25H38N4O5. The second-order valence-electron chi connectivity index (χ2n) is 9.76. The van der Waals surface area contributed by atoms with E-state index in [2.05, 4.69) is 10.2 Å². The third kappa shape index (κ3) is 7.09. The highest BCUT2D eigenvalue weighted by molar-refractivity contribution is 6.01. The van der Waals surface area contributed by atoms with Crippen molar-refractivity contribution >= 4 is 23.6 Å². The zero-order chi connectivity index (χ0) is 24.7. The summed E-state index contributed by atoms with van der Waals surface area (Å²) in [6, 6.07) is 7.43. The number of nitrogens with one attached hydrogen (secondary N) is 1. The van der Waals surface area contributed by atoms with Crippen LogP contribution in [0.2, 0.25) is 0 Å². The van der Waals surface area contributed by atoms with E-state index in [0.717, 1.165) is 31.7 Å². The van der Waals surface area contributed by atoms with Crippen molar-refractivity contribution in [3.05, 3.63) is 24.3 Å². The molecule has 1 unspecified atom stereocenters. The first-order valence-corrected chi connectivity index (χ1v) is 12.2. The summed E-state index contributed by atoms with van der Waals surface area (Å²) in [6.45, 7) is 12.7. The normalized spacial score (nSPS) is 19.3. The first kappa shape index (κ1) is 25.8. The lowest BCUT2D eigenvalue weighted by Crippen LogP contribution is -2.50. The van der Waals surface area contributed by atoms with E-state index >= 15 is 0 Å². The van der Waals surface area contributed by atoms with Crippen LogP contribution in [-0.2, 0) is 14.3 Å². The second kappa shape index (κ2) is 11.6. The highest BCUT2D eigenvalue weighted by atomic mass is 16.6. The molecular weight excluding hydrogens is 436 g/mol. The molecule has 0 spiro atoms. The smallest absolute Gasteiger partial charge is 0.410 e. The Kier molecular flexibility index (Phi) is 8.77. The quantitative estimate of drug-likeness (QED) is 0.582. The van der Waals surface area contributed by atoms with Gasteiger partial charge in [0.25, 0.3) is 0 Å². The number of nitrogens with zero attached hydrogens (tertiary/aromatic N) is 3. The standard InChI is InChI=1S/C25H38N4O5/c1-5-33-21-10-7-6-9-20(21)29-18-19(17-22(29)30)23(31)26-11-8-12-27-13-15-28(16-14-27)24(32)34-25(2,3)4/h6-7,9-10,19H,5,8,11-18H2,1-4H3,(H,26,31). The molecule has 1 atom stereocenters. The summed E-state index contributed by atoms with van der Waals surface area (Å²) in [5, 5.41) is 2.99. The zero-order valence-corrected chi connectivity index (χ0v) is 20.8. The Bertz CT molecular complexity index is 861. The molecule has 1 aromatic rings. The van der Waals surface area contributed by atoms with E-state index in [4.69, 9.17) is 9.47 Å². The van der Waals surface area contributed by atoms with Gasteiger partial charge in [-0.05, 0) is 52.8 Å². The van der Waals surface area contributed by atoms with E-state index < -0.39 is 5.60 Å². The largest absolute Gasteiger partial charge is 0.492 e. The minimum atomic E-state index is -0.486. The van der Waals surface area contributed by atoms with Crippen molar-refractivity contribution in [3.63, 3.8) is 0 Å². The number of hydrogen-bond donors (Lipinski definition) is 1. The summed E-state index contributed by atoms with van der Waals surface area (Å²) in [5.41, 5.74) is 0.232. The van der Waals surface area contributed by atoms with Crippen LogP contribution in [0, 0.1) is 5.92 Å². The van der Waals surface area contributed by atoms with Crippen LogP contribution in [0.1, 0.15) is 40.5 Å². The molecule has 0 saturated carbocycles. The van der Waals surface area contributed by atoms with Gasteiger partial charge >= 0.3 is 6.09 Å². The zero-order valence-electron chi connectivity index (χ0n) is 20.8. The summed E-state index contributed by atoms with van der Waals surface area (Å²) in [5.74, 6) is 0.153. The summed E-state index contributed by atoms with van der Waals surface area (Å²) in [6.07, 6.45) is 0.762. The van der Waals surface area contributed by atoms with Gasteiger partial charge in [-0.15, -0.1) is 0 Å². The van der Waals surface area contributed by atoms with Gasteiger partial charge in [-0.1, -0.05) is 12.1 Å². The Balaban J connectivity index is 1.37. The Morgan fingerprint density at radius 2 is 1.82 bits per heavy atom. The lowest BCUT2D eigenvalue weighted by atomic mass is 10.1. The molecule has 2 aliphatic rings. The van der Waals surface area contributed by atoms with Crippen LogP contribution < -0.4 is 15.0 Å². The molecule has 2 heterocycles. The molecule has 9 heteroatoms. The highest BCUT2D eigenvalue weighted by Crippen LogP contribution is 2.33. The Hall–Kier alpha value is -2.81. The summed E-state index contributed by atoms with van der Waals surface area (Å²) >= 11 is 0. The molecule has 0 radical (unpaired) electrons. The minimum absolute atomic E-state index is 0.0600. The van der Waals surface area contributed by atoms with E-state index in [9.17, 15) is 14.4 Å². The first-order chi connectivity index (χ1) is 16.2. The van der Waals surface area contributed by atoms with Crippen LogP contribution in [0.15, 0.2) is 24.3 Å². The highest BCUT2D eigenvalue weighted by Gasteiger charge is 2.36. The van der Waals surface area contributed by atoms with Crippen LogP contribution in [0.25, 0.3) is 0 Å². The number of ether oxygens (including phenoxy) is 2. The summed E-state index contributed by atoms with van der Waals surface area (Å²) in [7, 11) is 0. The third-order valence-corrected chi connectivity index (χ3v) is 5.93. The molecule has 2 aliphatic heterocycles. The predicted octanol–water partition coefficient (Wildman–Crippen LogP) is 2.50. The van der Waals surface area contributed by atoms with Gasteiger partial charge in [-0.25, -0.2) is 4.79 Å². The second-order valence-corrected chi connectivity index (χ2v) is 9.76. The number of benzene rings is 1. The first-order valence-electron chi connectivity index (χ1n) is 12.2. The van der Waals surface area contributed by atoms with Gasteiger partial charge in [-0.3, -0.25) is 14.5 Å². The van der Waals surface area contributed by atoms with Crippen molar-refractivity contribution in [3.8, 4) is 5.75 Å². The van der Waals surface area contributed by atoms with Crippen LogP contribution in [0.4, 0.5) is 10.5 Å². The number of rotatable bonds is 8. The Labute approximate surface area is 202 Å². The number of amides is 3. The van der Waals surface area contributed by atoms with Crippen LogP contribution in [0.3, 0.4) is 0 Å². The van der Waals surface area contributed by atoms with E-state index in [1.54, 1.807) is 9.80 Å². The number of anilines is 1. The van der Waals surface area contributed by atoms with Crippen molar-refractivity contribution in [1.29, 1.82) is 0 Å². The molecule has 3 rings (SSSR count). The molecule has 0 aliphatic carbocycles. The van der Waals surface area contributed by atoms with E-state index in [0.29, 0.717) is 38.5 Å². The summed E-state index contributed by atoms with van der Waals surface area (Å²) in [4.78, 5) is 43.1. The molecule has 1 aromatic carbocycles. The van der Waals surface area contributed by atoms with Gasteiger partial charge in [-0.2, -0.15) is 0 Å². The van der Waals surface area contributed by atoms with Gasteiger partial charge in [0.1, 0.15) is 11.4 Å². The lowest BCUT2D eigenvalue weighted by Gasteiger charge is -2.35. The number of para-hydroxylation sites is 2. The maximum atomic E-state index is 12.7. The molecule has 3 amide bonds. The molecule has 1 N–H and O–H groups in total. The number of hydrogen-bond acceptors (Lipinski definition) is 6. The van der Waals surface area contributed by atoms with Crippen molar-refractivity contribution in [1.82, 2.24) is 15.1 Å². The lowest BCUT2D eigenvalue weighted by molar-refractivity contribution is -0.126. The molecule has 2 saturated heterocycles. The predicted molar refractivity (Wildman–Crippen MR) is 130 cm³/mol. The van der Waals surface area contributed by atoms with Gasteiger partial charge in [0, 0.05) is 45.7 Å². The minimum Gasteiger partial charge on any atom is -0.492 e. The molecule has 9 nitrogen and oxygen atoms in total. The fraction of sp³-hybridized carbons (Fsp3) is 0.640. The van der Waals surface area contributed by atoms with E-state index in [1.165, 1.54) is 0 Å². The van der Waals surface area contributed by atoms with Gasteiger partial charge < -0.3 is 24.6 Å². The Morgan fingerprint density at radius 1 is 1.12 bits per heavy atom. The number of carbonyl (C=O) groups excluding carboxylic acids is 3. The van der Waals surface area contributed by atoms with Gasteiger partial charge in [0.15, 0.2) is 0 Å². The average Bonchev–Trinajstić information content (AvgIpc) is 3.18. The van der Waals surface area contributed by atoms with Crippen molar-refractivity contribution in [2.24, 2.45) is 5.92 Å². The van der Waals surface area contributed by atoms with Crippen molar-refractivity contribution < 1.29 is 23.9 Å². The molecule has 34 heavy (non-hydrogen) atoms. The van der Waals surface area contributed by atoms with Crippen LogP contribution >= 0.6 is 0 Å². The van der Waals surface area contributed by atoms with Crippen LogP contribution in [-0.4, -0.2) is 85.7 Å². The van der Waals surface area contributed by atoms with Gasteiger partial charge in [0.05, 0.1) is 18.2 Å². The van der Waals surface area contributed by atoms with Crippen molar-refractivity contribution in [2.45, 2.75) is 46.1 Å². The summed E-state index contributed by atoms with van der Waals surface area (Å²) < 4.78 is 11.1. The van der Waals surface area contributed by atoms with E-state index in [1.807, 2.05) is 52.0 Å². The topological polar surface area (TPSA) is 91.4 Å². The molecule has 0 bridgehead atoms.